The van der Waals surface area contributed by atoms with Crippen molar-refractivity contribution in [1.82, 2.24) is 29.6 Å². The Morgan fingerprint density at radius 1 is 1.15 bits per heavy atom. The van der Waals surface area contributed by atoms with Gasteiger partial charge in [0.2, 0.25) is 0 Å². The number of fused-ring (bicyclic) bond motifs is 1. The van der Waals surface area contributed by atoms with E-state index in [2.05, 4.69) is 31.8 Å². The Morgan fingerprint density at radius 2 is 1.94 bits per heavy atom. The second-order valence-corrected chi connectivity index (χ2v) is 8.40. The molecule has 0 amide bonds. The number of halogens is 3. The van der Waals surface area contributed by atoms with Gasteiger partial charge in [-0.05, 0) is 51.0 Å². The predicted octanol–water partition coefficient (Wildman–Crippen LogP) is 4.40. The average Bonchev–Trinajstić information content (AvgIpc) is 3.27. The molecule has 0 unspecified atom stereocenters. The molecule has 1 N–H and O–H groups in total. The molecule has 4 heterocycles. The van der Waals surface area contributed by atoms with Crippen molar-refractivity contribution in [3.8, 4) is 28.7 Å². The smallest absolute Gasteiger partial charge is 0.382 e. The Hall–Kier alpha value is -3.94. The van der Waals surface area contributed by atoms with E-state index in [0.717, 1.165) is 10.2 Å². The van der Waals surface area contributed by atoms with Gasteiger partial charge in [-0.2, -0.15) is 23.5 Å². The van der Waals surface area contributed by atoms with Crippen molar-refractivity contribution in [1.29, 1.82) is 5.26 Å². The van der Waals surface area contributed by atoms with Crippen molar-refractivity contribution in [3.63, 3.8) is 0 Å². The van der Waals surface area contributed by atoms with Crippen LogP contribution < -0.4 is 5.32 Å². The van der Waals surface area contributed by atoms with Crippen LogP contribution in [0.15, 0.2) is 42.9 Å². The lowest BCUT2D eigenvalue weighted by Crippen LogP contribution is -2.35. The highest BCUT2D eigenvalue weighted by molar-refractivity contribution is 5.79. The van der Waals surface area contributed by atoms with Crippen LogP contribution in [0.1, 0.15) is 32.3 Å². The lowest BCUT2D eigenvalue weighted by molar-refractivity contribution is -0.182. The summed E-state index contributed by atoms with van der Waals surface area (Å²) in [5.41, 5.74) is 2.09. The number of pyridine rings is 1. The molecule has 168 valence electrons. The second-order valence-electron chi connectivity index (χ2n) is 8.40. The summed E-state index contributed by atoms with van der Waals surface area (Å²) >= 11 is 0. The van der Waals surface area contributed by atoms with Crippen LogP contribution in [0.3, 0.4) is 0 Å². The van der Waals surface area contributed by atoms with Crippen molar-refractivity contribution in [2.75, 3.05) is 5.32 Å². The molecule has 0 spiro atoms. The van der Waals surface area contributed by atoms with E-state index in [9.17, 15) is 13.2 Å². The Balaban J connectivity index is 1.56. The molecule has 4 aromatic heterocycles. The minimum absolute atomic E-state index is 0.00457. The number of aromatic nitrogens is 6. The number of hydrogen-bond donors (Lipinski definition) is 1. The van der Waals surface area contributed by atoms with Crippen LogP contribution in [0.4, 0.5) is 18.9 Å². The van der Waals surface area contributed by atoms with Gasteiger partial charge in [-0.3, -0.25) is 4.98 Å². The normalized spacial score (nSPS) is 15.1. The maximum atomic E-state index is 13.5. The van der Waals surface area contributed by atoms with Crippen LogP contribution in [-0.2, 0) is 5.54 Å². The monoisotopic (exact) mass is 452 g/mol. The Morgan fingerprint density at radius 3 is 2.61 bits per heavy atom. The van der Waals surface area contributed by atoms with Crippen LogP contribution in [0.25, 0.3) is 28.2 Å². The average molecular weight is 452 g/mol. The molecule has 1 aliphatic rings. The molecule has 0 atom stereocenters. The molecule has 1 fully saturated rings. The number of nitrogens with zero attached hydrogens (tertiary/aromatic N) is 7. The molecule has 0 bridgehead atoms. The lowest BCUT2D eigenvalue weighted by Gasteiger charge is -2.18. The SMILES string of the molecule is CC(C)Nc1cc(-c2ccc3cc(C#N)cnn23)ncc1-c1cn(C2(C(F)(F)F)CC2)nn1. The first-order valence-electron chi connectivity index (χ1n) is 10.4. The van der Waals surface area contributed by atoms with E-state index >= 15 is 0 Å². The zero-order chi connectivity index (χ0) is 23.4. The highest BCUT2D eigenvalue weighted by atomic mass is 19.4. The fourth-order valence-corrected chi connectivity index (χ4v) is 3.84. The fraction of sp³-hybridized carbons (Fsp3) is 0.318. The van der Waals surface area contributed by atoms with Crippen molar-refractivity contribution >= 4 is 11.2 Å². The van der Waals surface area contributed by atoms with Crippen LogP contribution in [0, 0.1) is 11.3 Å². The summed E-state index contributed by atoms with van der Waals surface area (Å²) in [7, 11) is 0. The summed E-state index contributed by atoms with van der Waals surface area (Å²) in [4.78, 5) is 4.53. The number of alkyl halides is 3. The van der Waals surface area contributed by atoms with Crippen LogP contribution in [-0.4, -0.2) is 41.8 Å². The second kappa shape index (κ2) is 7.30. The third kappa shape index (κ3) is 3.47. The first kappa shape index (κ1) is 20.9. The van der Waals surface area contributed by atoms with Crippen molar-refractivity contribution in [2.45, 2.75) is 44.4 Å². The number of nitriles is 1. The molecule has 5 rings (SSSR count). The largest absolute Gasteiger partial charge is 0.413 e. The first-order chi connectivity index (χ1) is 15.7. The predicted molar refractivity (Wildman–Crippen MR) is 114 cm³/mol. The zero-order valence-electron chi connectivity index (χ0n) is 17.8. The van der Waals surface area contributed by atoms with Gasteiger partial charge in [0.15, 0.2) is 5.54 Å². The number of anilines is 1. The lowest BCUT2D eigenvalue weighted by atomic mass is 10.1. The summed E-state index contributed by atoms with van der Waals surface area (Å²) < 4.78 is 43.1. The molecule has 8 nitrogen and oxygen atoms in total. The van der Waals surface area contributed by atoms with Crippen LogP contribution in [0.2, 0.25) is 0 Å². The molecule has 0 aliphatic heterocycles. The molecule has 0 radical (unpaired) electrons. The summed E-state index contributed by atoms with van der Waals surface area (Å²) in [5.74, 6) is 0. The summed E-state index contributed by atoms with van der Waals surface area (Å²) in [6.07, 6.45) is -0.00586. The topological polar surface area (TPSA) is 96.7 Å². The maximum absolute atomic E-state index is 13.5. The van der Waals surface area contributed by atoms with Gasteiger partial charge in [0.1, 0.15) is 11.8 Å². The maximum Gasteiger partial charge on any atom is 0.413 e. The van der Waals surface area contributed by atoms with E-state index in [-0.39, 0.29) is 18.9 Å². The van der Waals surface area contributed by atoms with Gasteiger partial charge in [-0.1, -0.05) is 5.21 Å². The van der Waals surface area contributed by atoms with Gasteiger partial charge in [-0.15, -0.1) is 5.10 Å². The van der Waals surface area contributed by atoms with Gasteiger partial charge in [0.05, 0.1) is 34.9 Å². The molecule has 4 aromatic rings. The number of nitrogens with one attached hydrogen (secondary N) is 1. The first-order valence-corrected chi connectivity index (χ1v) is 10.4. The Kier molecular flexibility index (Phi) is 4.63. The van der Waals surface area contributed by atoms with Crippen LogP contribution in [0.5, 0.6) is 0 Å². The summed E-state index contributed by atoms with van der Waals surface area (Å²) in [5, 5.41) is 24.5. The minimum Gasteiger partial charge on any atom is -0.382 e. The molecule has 11 heteroatoms. The van der Waals surface area contributed by atoms with E-state index in [1.807, 2.05) is 32.0 Å². The van der Waals surface area contributed by atoms with E-state index < -0.39 is 11.7 Å². The van der Waals surface area contributed by atoms with E-state index in [0.29, 0.717) is 33.9 Å². The van der Waals surface area contributed by atoms with Gasteiger partial charge in [-0.25, -0.2) is 9.20 Å². The van der Waals surface area contributed by atoms with E-state index in [1.165, 1.54) is 12.4 Å². The van der Waals surface area contributed by atoms with Crippen molar-refractivity contribution in [3.05, 3.63) is 48.4 Å². The molecule has 33 heavy (non-hydrogen) atoms. The van der Waals surface area contributed by atoms with Crippen molar-refractivity contribution < 1.29 is 13.2 Å². The molecule has 0 aromatic carbocycles. The number of rotatable bonds is 5. The van der Waals surface area contributed by atoms with Gasteiger partial charge in [0.25, 0.3) is 0 Å². The highest BCUT2D eigenvalue weighted by Gasteiger charge is 2.66. The standard InChI is InChI=1S/C22H19F3N8/c1-13(2)29-17-8-18(20-4-3-15-7-14(9-26)10-28-33(15)20)27-11-16(17)19-12-32(31-30-19)21(5-6-21)22(23,24)25/h3-4,7-8,10-13H,5-6H2,1-2H3,(H,27,29). The van der Waals surface area contributed by atoms with E-state index in [1.54, 1.807) is 16.8 Å². The Bertz CT molecular complexity index is 1390. The quantitative estimate of drug-likeness (QED) is 0.482. The fourth-order valence-electron chi connectivity index (χ4n) is 3.84. The molecule has 1 saturated carbocycles. The third-order valence-corrected chi connectivity index (χ3v) is 5.70. The third-order valence-electron chi connectivity index (χ3n) is 5.70. The van der Waals surface area contributed by atoms with Gasteiger partial charge < -0.3 is 5.32 Å². The van der Waals surface area contributed by atoms with Crippen molar-refractivity contribution in [2.24, 2.45) is 0 Å². The summed E-state index contributed by atoms with van der Waals surface area (Å²) in [6, 6.07) is 9.35. The van der Waals surface area contributed by atoms with Crippen LogP contribution >= 0.6 is 0 Å². The minimum atomic E-state index is -4.38. The Labute approximate surface area is 186 Å². The highest BCUT2D eigenvalue weighted by Crippen LogP contribution is 2.55. The molecule has 1 aliphatic carbocycles. The molecule has 0 saturated heterocycles. The number of hydrogen-bond acceptors (Lipinski definition) is 6. The summed E-state index contributed by atoms with van der Waals surface area (Å²) in [6.45, 7) is 3.92. The molecular weight excluding hydrogens is 433 g/mol. The van der Waals surface area contributed by atoms with E-state index in [4.69, 9.17) is 5.26 Å². The van der Waals surface area contributed by atoms with Gasteiger partial charge in [0, 0.05) is 23.5 Å². The zero-order valence-corrected chi connectivity index (χ0v) is 17.8. The van der Waals surface area contributed by atoms with Gasteiger partial charge >= 0.3 is 6.18 Å². The molecular formula is C22H19F3N8.